The normalized spacial score (nSPS) is 15.8. The van der Waals surface area contributed by atoms with Crippen molar-refractivity contribution in [2.45, 2.75) is 44.6 Å². The second kappa shape index (κ2) is 10.7. The molecule has 1 aliphatic carbocycles. The summed E-state index contributed by atoms with van der Waals surface area (Å²) >= 11 is 0. The van der Waals surface area contributed by atoms with Gasteiger partial charge in [0.05, 0.1) is 5.69 Å². The van der Waals surface area contributed by atoms with Crippen molar-refractivity contribution >= 4 is 35.6 Å². The Morgan fingerprint density at radius 2 is 2.00 bits per heavy atom. The summed E-state index contributed by atoms with van der Waals surface area (Å²) in [5, 5.41) is 3.30. The molecule has 0 atom stereocenters. The number of hydrogen-bond acceptors (Lipinski definition) is 2. The Bertz CT molecular complexity index is 489. The van der Waals surface area contributed by atoms with Crippen molar-refractivity contribution in [3.05, 3.63) is 30.1 Å². The Morgan fingerprint density at radius 3 is 2.70 bits per heavy atom. The summed E-state index contributed by atoms with van der Waals surface area (Å²) in [7, 11) is 1.89. The average Bonchev–Trinajstić information content (AvgIpc) is 2.53. The standard InChI is InChI=1S/C17H27FN4.HI/c1-22(16-11-6-5-10-15(16)18)13-7-12-20-17(19)21-14-8-3-2-4-9-14;/h5-6,10-11,14H,2-4,7-9,12-13H2,1H3,(H3,19,20,21);1H. The predicted molar refractivity (Wildman–Crippen MR) is 106 cm³/mol. The summed E-state index contributed by atoms with van der Waals surface area (Å²) in [4.78, 5) is 6.28. The number of guanidine groups is 1. The van der Waals surface area contributed by atoms with E-state index in [1.165, 1.54) is 38.2 Å². The van der Waals surface area contributed by atoms with Crippen LogP contribution in [0.25, 0.3) is 0 Å². The maximum atomic E-state index is 13.6. The molecular formula is C17H28FIN4. The number of aliphatic imine (C=N–C) groups is 1. The minimum absolute atomic E-state index is 0. The first-order chi connectivity index (χ1) is 10.7. The second-order valence-corrected chi connectivity index (χ2v) is 5.97. The maximum absolute atomic E-state index is 13.6. The van der Waals surface area contributed by atoms with E-state index in [1.54, 1.807) is 12.1 Å². The third kappa shape index (κ3) is 6.93. The van der Waals surface area contributed by atoms with Gasteiger partial charge >= 0.3 is 0 Å². The molecule has 1 aromatic rings. The Kier molecular flexibility index (Phi) is 9.28. The molecule has 23 heavy (non-hydrogen) atoms. The van der Waals surface area contributed by atoms with E-state index in [2.05, 4.69) is 10.3 Å². The molecule has 0 unspecified atom stereocenters. The van der Waals surface area contributed by atoms with E-state index in [4.69, 9.17) is 5.73 Å². The summed E-state index contributed by atoms with van der Waals surface area (Å²) in [6, 6.07) is 7.31. The number of anilines is 1. The van der Waals surface area contributed by atoms with Crippen molar-refractivity contribution in [2.75, 3.05) is 25.0 Å². The minimum Gasteiger partial charge on any atom is -0.372 e. The monoisotopic (exact) mass is 434 g/mol. The Hall–Kier alpha value is -1.05. The first-order valence-corrected chi connectivity index (χ1v) is 8.19. The maximum Gasteiger partial charge on any atom is 0.188 e. The van der Waals surface area contributed by atoms with Crippen LogP contribution in [0.3, 0.4) is 0 Å². The number of nitrogens with two attached hydrogens (primary N) is 1. The molecule has 0 amide bonds. The Balaban J connectivity index is 0.00000264. The molecule has 2 rings (SSSR count). The zero-order chi connectivity index (χ0) is 15.8. The third-order valence-electron chi connectivity index (χ3n) is 4.15. The van der Waals surface area contributed by atoms with E-state index in [1.807, 2.05) is 18.0 Å². The van der Waals surface area contributed by atoms with Gasteiger partial charge in [-0.25, -0.2) is 4.39 Å². The molecule has 3 N–H and O–H groups in total. The second-order valence-electron chi connectivity index (χ2n) is 5.97. The lowest BCUT2D eigenvalue weighted by atomic mass is 9.96. The molecule has 4 nitrogen and oxygen atoms in total. The van der Waals surface area contributed by atoms with Crippen molar-refractivity contribution in [1.29, 1.82) is 0 Å². The van der Waals surface area contributed by atoms with E-state index in [0.717, 1.165) is 13.0 Å². The highest BCUT2D eigenvalue weighted by Gasteiger charge is 2.13. The summed E-state index contributed by atoms with van der Waals surface area (Å²) < 4.78 is 13.6. The average molecular weight is 434 g/mol. The van der Waals surface area contributed by atoms with Crippen molar-refractivity contribution in [3.8, 4) is 0 Å². The van der Waals surface area contributed by atoms with Crippen molar-refractivity contribution in [3.63, 3.8) is 0 Å². The fourth-order valence-electron chi connectivity index (χ4n) is 2.89. The van der Waals surface area contributed by atoms with Crippen LogP contribution < -0.4 is 16.0 Å². The molecule has 0 spiro atoms. The van der Waals surface area contributed by atoms with Crippen LogP contribution in [-0.4, -0.2) is 32.1 Å². The lowest BCUT2D eigenvalue weighted by Crippen LogP contribution is -2.41. The molecule has 1 fully saturated rings. The molecular weight excluding hydrogens is 406 g/mol. The van der Waals surface area contributed by atoms with Crippen LogP contribution in [-0.2, 0) is 0 Å². The molecule has 0 aromatic heterocycles. The molecule has 0 bridgehead atoms. The molecule has 0 aliphatic heterocycles. The summed E-state index contributed by atoms with van der Waals surface area (Å²) in [5.74, 6) is 0.354. The quantitative estimate of drug-likeness (QED) is 0.312. The van der Waals surface area contributed by atoms with E-state index < -0.39 is 0 Å². The van der Waals surface area contributed by atoms with Crippen LogP contribution in [0.15, 0.2) is 29.3 Å². The highest BCUT2D eigenvalue weighted by molar-refractivity contribution is 14.0. The van der Waals surface area contributed by atoms with Gasteiger partial charge in [0.1, 0.15) is 5.82 Å². The molecule has 130 valence electrons. The first kappa shape index (κ1) is 20.0. The Morgan fingerprint density at radius 1 is 1.30 bits per heavy atom. The Labute approximate surface area is 155 Å². The molecule has 0 saturated heterocycles. The predicted octanol–water partition coefficient (Wildman–Crippen LogP) is 3.51. The zero-order valence-electron chi connectivity index (χ0n) is 13.8. The largest absolute Gasteiger partial charge is 0.372 e. The van der Waals surface area contributed by atoms with Crippen LogP contribution in [0.5, 0.6) is 0 Å². The topological polar surface area (TPSA) is 53.6 Å². The number of rotatable bonds is 6. The van der Waals surface area contributed by atoms with Crippen LogP contribution in [0.1, 0.15) is 38.5 Å². The number of nitrogens with zero attached hydrogens (tertiary/aromatic N) is 2. The van der Waals surface area contributed by atoms with Crippen LogP contribution in [0.2, 0.25) is 0 Å². The van der Waals surface area contributed by atoms with E-state index in [9.17, 15) is 4.39 Å². The summed E-state index contributed by atoms with van der Waals surface area (Å²) in [6.07, 6.45) is 7.10. The SMILES string of the molecule is CN(CCCN=C(N)NC1CCCCC1)c1ccccc1F.I. The van der Waals surface area contributed by atoms with Gasteiger partial charge in [0.15, 0.2) is 5.96 Å². The number of para-hydroxylation sites is 1. The summed E-state index contributed by atoms with van der Waals surface area (Å²) in [6.45, 7) is 1.41. The molecule has 6 heteroatoms. The van der Waals surface area contributed by atoms with E-state index in [-0.39, 0.29) is 29.8 Å². The number of hydrogen-bond donors (Lipinski definition) is 2. The highest BCUT2D eigenvalue weighted by Crippen LogP contribution is 2.17. The minimum atomic E-state index is -0.188. The lowest BCUT2D eigenvalue weighted by Gasteiger charge is -2.23. The highest BCUT2D eigenvalue weighted by atomic mass is 127. The fourth-order valence-corrected chi connectivity index (χ4v) is 2.89. The van der Waals surface area contributed by atoms with Gasteiger partial charge in [-0.1, -0.05) is 31.4 Å². The van der Waals surface area contributed by atoms with Gasteiger partial charge in [-0.3, -0.25) is 4.99 Å². The van der Waals surface area contributed by atoms with Gasteiger partial charge in [0.2, 0.25) is 0 Å². The fraction of sp³-hybridized carbons (Fsp3) is 0.588. The first-order valence-electron chi connectivity index (χ1n) is 8.19. The van der Waals surface area contributed by atoms with Crippen LogP contribution >= 0.6 is 24.0 Å². The van der Waals surface area contributed by atoms with Gasteiger partial charge < -0.3 is 16.0 Å². The van der Waals surface area contributed by atoms with Gasteiger partial charge in [0.25, 0.3) is 0 Å². The zero-order valence-corrected chi connectivity index (χ0v) is 16.1. The van der Waals surface area contributed by atoms with Gasteiger partial charge in [-0.2, -0.15) is 0 Å². The van der Waals surface area contributed by atoms with E-state index >= 15 is 0 Å². The summed E-state index contributed by atoms with van der Waals surface area (Å²) in [5.41, 5.74) is 6.55. The number of halogens is 2. The van der Waals surface area contributed by atoms with Crippen LogP contribution in [0, 0.1) is 5.82 Å². The lowest BCUT2D eigenvalue weighted by molar-refractivity contribution is 0.412. The van der Waals surface area contributed by atoms with Crippen LogP contribution in [0.4, 0.5) is 10.1 Å². The third-order valence-corrected chi connectivity index (χ3v) is 4.15. The molecule has 0 heterocycles. The van der Waals surface area contributed by atoms with Gasteiger partial charge in [0, 0.05) is 26.2 Å². The van der Waals surface area contributed by atoms with E-state index in [0.29, 0.717) is 24.2 Å². The van der Waals surface area contributed by atoms with Gasteiger partial charge in [-0.15, -0.1) is 24.0 Å². The van der Waals surface area contributed by atoms with Crippen molar-refractivity contribution < 1.29 is 4.39 Å². The molecule has 0 radical (unpaired) electrons. The molecule has 1 aliphatic rings. The van der Waals surface area contributed by atoms with Crippen molar-refractivity contribution in [1.82, 2.24) is 5.32 Å². The number of nitrogens with one attached hydrogen (secondary N) is 1. The number of benzene rings is 1. The molecule has 1 aromatic carbocycles. The smallest absolute Gasteiger partial charge is 0.188 e. The van der Waals surface area contributed by atoms with Gasteiger partial charge in [-0.05, 0) is 31.4 Å². The molecule has 1 saturated carbocycles. The van der Waals surface area contributed by atoms with Crippen molar-refractivity contribution in [2.24, 2.45) is 10.7 Å².